The number of amides is 1. The molecule has 0 aromatic heterocycles. The van der Waals surface area contributed by atoms with E-state index in [1.807, 2.05) is 42.5 Å². The molecule has 0 N–H and O–H groups in total. The SMILES string of the molecule is COc1ccc(CN(C)C(=O)COc2ccc(-c3ccc(I)cc3)cc2)cc1OC. The average molecular weight is 517 g/mol. The molecule has 0 aliphatic carbocycles. The third-order valence-electron chi connectivity index (χ3n) is 4.69. The Morgan fingerprint density at radius 3 is 2.07 bits per heavy atom. The average Bonchev–Trinajstić information content (AvgIpc) is 2.78. The number of carbonyl (C=O) groups is 1. The smallest absolute Gasteiger partial charge is 0.260 e. The maximum Gasteiger partial charge on any atom is 0.260 e. The van der Waals surface area contributed by atoms with E-state index >= 15 is 0 Å². The summed E-state index contributed by atoms with van der Waals surface area (Å²) >= 11 is 2.29. The molecule has 0 bridgehead atoms. The van der Waals surface area contributed by atoms with Crippen LogP contribution in [0.2, 0.25) is 0 Å². The van der Waals surface area contributed by atoms with Crippen molar-refractivity contribution in [1.82, 2.24) is 4.90 Å². The van der Waals surface area contributed by atoms with Gasteiger partial charge in [-0.2, -0.15) is 0 Å². The first-order valence-electron chi connectivity index (χ1n) is 9.44. The van der Waals surface area contributed by atoms with Crippen LogP contribution in [0.15, 0.2) is 66.7 Å². The summed E-state index contributed by atoms with van der Waals surface area (Å²) in [4.78, 5) is 14.1. The quantitative estimate of drug-likeness (QED) is 0.394. The monoisotopic (exact) mass is 517 g/mol. The van der Waals surface area contributed by atoms with E-state index in [2.05, 4.69) is 46.9 Å². The molecular formula is C24H24INO4. The highest BCUT2D eigenvalue weighted by molar-refractivity contribution is 14.1. The topological polar surface area (TPSA) is 48.0 Å². The lowest BCUT2D eigenvalue weighted by Crippen LogP contribution is -2.30. The fourth-order valence-corrected chi connectivity index (χ4v) is 3.34. The standard InChI is InChI=1S/C24H24INO4/c1-26(15-17-4-13-22(28-2)23(14-17)29-3)24(27)16-30-21-11-7-19(8-12-21)18-5-9-20(25)10-6-18/h4-14H,15-16H2,1-3H3. The molecule has 0 saturated heterocycles. The van der Waals surface area contributed by atoms with E-state index in [9.17, 15) is 4.79 Å². The van der Waals surface area contributed by atoms with Crippen molar-refractivity contribution < 1.29 is 19.0 Å². The number of rotatable bonds is 8. The second kappa shape index (κ2) is 10.3. The number of halogens is 1. The van der Waals surface area contributed by atoms with Gasteiger partial charge in [0.25, 0.3) is 5.91 Å². The number of ether oxygens (including phenoxy) is 3. The van der Waals surface area contributed by atoms with Crippen LogP contribution in [0.5, 0.6) is 17.2 Å². The maximum absolute atomic E-state index is 12.5. The van der Waals surface area contributed by atoms with Crippen molar-refractivity contribution in [3.05, 3.63) is 75.9 Å². The van der Waals surface area contributed by atoms with Crippen LogP contribution in [0.3, 0.4) is 0 Å². The summed E-state index contributed by atoms with van der Waals surface area (Å²) in [5.74, 6) is 1.86. The predicted octanol–water partition coefficient (Wildman–Crippen LogP) is 5.01. The molecule has 0 heterocycles. The van der Waals surface area contributed by atoms with Crippen LogP contribution in [0.1, 0.15) is 5.56 Å². The molecule has 30 heavy (non-hydrogen) atoms. The predicted molar refractivity (Wildman–Crippen MR) is 126 cm³/mol. The minimum Gasteiger partial charge on any atom is -0.493 e. The number of hydrogen-bond donors (Lipinski definition) is 0. The summed E-state index contributed by atoms with van der Waals surface area (Å²) in [6.07, 6.45) is 0. The lowest BCUT2D eigenvalue weighted by atomic mass is 10.1. The third-order valence-corrected chi connectivity index (χ3v) is 5.41. The summed E-state index contributed by atoms with van der Waals surface area (Å²) in [6, 6.07) is 21.7. The van der Waals surface area contributed by atoms with Crippen molar-refractivity contribution in [2.45, 2.75) is 6.54 Å². The van der Waals surface area contributed by atoms with Crippen LogP contribution in [-0.2, 0) is 11.3 Å². The molecule has 156 valence electrons. The van der Waals surface area contributed by atoms with Gasteiger partial charge in [-0.15, -0.1) is 0 Å². The number of nitrogens with zero attached hydrogens (tertiary/aromatic N) is 1. The number of carbonyl (C=O) groups excluding carboxylic acids is 1. The highest BCUT2D eigenvalue weighted by Crippen LogP contribution is 2.28. The van der Waals surface area contributed by atoms with E-state index in [1.54, 1.807) is 26.2 Å². The van der Waals surface area contributed by atoms with Crippen LogP contribution in [0.25, 0.3) is 11.1 Å². The highest BCUT2D eigenvalue weighted by Gasteiger charge is 2.12. The van der Waals surface area contributed by atoms with Gasteiger partial charge in [0.05, 0.1) is 14.2 Å². The van der Waals surface area contributed by atoms with Crippen molar-refractivity contribution in [1.29, 1.82) is 0 Å². The van der Waals surface area contributed by atoms with Gasteiger partial charge in [-0.05, 0) is 75.7 Å². The lowest BCUT2D eigenvalue weighted by Gasteiger charge is -2.18. The first-order valence-corrected chi connectivity index (χ1v) is 10.5. The van der Waals surface area contributed by atoms with Gasteiger partial charge in [0.1, 0.15) is 5.75 Å². The molecule has 0 aliphatic heterocycles. The largest absolute Gasteiger partial charge is 0.493 e. The van der Waals surface area contributed by atoms with Crippen molar-refractivity contribution in [3.8, 4) is 28.4 Å². The van der Waals surface area contributed by atoms with Crippen LogP contribution in [-0.4, -0.2) is 38.7 Å². The molecule has 0 radical (unpaired) electrons. The Kier molecular flexibility index (Phi) is 7.57. The van der Waals surface area contributed by atoms with Crippen LogP contribution >= 0.6 is 22.6 Å². The zero-order chi connectivity index (χ0) is 21.5. The van der Waals surface area contributed by atoms with E-state index in [0.717, 1.165) is 16.7 Å². The molecule has 1 amide bonds. The molecule has 0 fully saturated rings. The van der Waals surface area contributed by atoms with E-state index in [0.29, 0.717) is 23.8 Å². The van der Waals surface area contributed by atoms with Gasteiger partial charge in [-0.3, -0.25) is 4.79 Å². The summed E-state index contributed by atoms with van der Waals surface area (Å²) in [5, 5.41) is 0. The van der Waals surface area contributed by atoms with Crippen molar-refractivity contribution in [3.63, 3.8) is 0 Å². The van der Waals surface area contributed by atoms with Gasteiger partial charge in [0, 0.05) is 17.2 Å². The normalized spacial score (nSPS) is 10.4. The van der Waals surface area contributed by atoms with Gasteiger partial charge in [-0.1, -0.05) is 30.3 Å². The zero-order valence-corrected chi connectivity index (χ0v) is 19.4. The minimum absolute atomic E-state index is 0.0212. The maximum atomic E-state index is 12.5. The fraction of sp³-hybridized carbons (Fsp3) is 0.208. The van der Waals surface area contributed by atoms with E-state index < -0.39 is 0 Å². The Bertz CT molecular complexity index is 987. The summed E-state index contributed by atoms with van der Waals surface area (Å²) < 4.78 is 17.4. The van der Waals surface area contributed by atoms with E-state index in [-0.39, 0.29) is 12.5 Å². The van der Waals surface area contributed by atoms with Gasteiger partial charge in [0.2, 0.25) is 0 Å². The van der Waals surface area contributed by atoms with Gasteiger partial charge in [0.15, 0.2) is 18.1 Å². The van der Waals surface area contributed by atoms with Gasteiger partial charge >= 0.3 is 0 Å². The molecular weight excluding hydrogens is 493 g/mol. The Hall–Kier alpha value is -2.74. The lowest BCUT2D eigenvalue weighted by molar-refractivity contribution is -0.132. The first kappa shape index (κ1) is 22.0. The van der Waals surface area contributed by atoms with Crippen molar-refractivity contribution in [2.75, 3.05) is 27.9 Å². The number of hydrogen-bond acceptors (Lipinski definition) is 4. The Morgan fingerprint density at radius 2 is 1.47 bits per heavy atom. The molecule has 6 heteroatoms. The molecule has 3 aromatic carbocycles. The summed E-state index contributed by atoms with van der Waals surface area (Å²) in [7, 11) is 4.94. The molecule has 0 unspecified atom stereocenters. The van der Waals surface area contributed by atoms with Gasteiger partial charge in [-0.25, -0.2) is 0 Å². The molecule has 0 spiro atoms. The number of benzene rings is 3. The molecule has 0 aliphatic rings. The first-order chi connectivity index (χ1) is 14.5. The zero-order valence-electron chi connectivity index (χ0n) is 17.2. The molecule has 0 saturated carbocycles. The number of methoxy groups -OCH3 is 2. The van der Waals surface area contributed by atoms with Crippen LogP contribution in [0.4, 0.5) is 0 Å². The Balaban J connectivity index is 1.55. The van der Waals surface area contributed by atoms with Crippen LogP contribution < -0.4 is 14.2 Å². The summed E-state index contributed by atoms with van der Waals surface area (Å²) in [5.41, 5.74) is 3.20. The van der Waals surface area contributed by atoms with E-state index in [4.69, 9.17) is 14.2 Å². The minimum atomic E-state index is -0.105. The summed E-state index contributed by atoms with van der Waals surface area (Å²) in [6.45, 7) is 0.432. The second-order valence-electron chi connectivity index (χ2n) is 6.76. The van der Waals surface area contributed by atoms with E-state index in [1.165, 1.54) is 3.57 Å². The number of likely N-dealkylation sites (N-methyl/N-ethyl adjacent to an activating group) is 1. The third kappa shape index (κ3) is 5.66. The van der Waals surface area contributed by atoms with Gasteiger partial charge < -0.3 is 19.1 Å². The Morgan fingerprint density at radius 1 is 0.867 bits per heavy atom. The van der Waals surface area contributed by atoms with Crippen LogP contribution in [0, 0.1) is 3.57 Å². The Labute approximate surface area is 190 Å². The fourth-order valence-electron chi connectivity index (χ4n) is 2.98. The molecule has 5 nitrogen and oxygen atoms in total. The van der Waals surface area contributed by atoms with Crippen molar-refractivity contribution in [2.24, 2.45) is 0 Å². The molecule has 0 atom stereocenters. The molecule has 3 rings (SSSR count). The molecule has 3 aromatic rings. The highest BCUT2D eigenvalue weighted by atomic mass is 127. The second-order valence-corrected chi connectivity index (χ2v) is 8.00. The van der Waals surface area contributed by atoms with Crippen molar-refractivity contribution >= 4 is 28.5 Å².